The molecule has 8 nitrogen and oxygen atoms in total. The van der Waals surface area contributed by atoms with Gasteiger partial charge in [-0.1, -0.05) is 0 Å². The van der Waals surface area contributed by atoms with Crippen LogP contribution >= 0.6 is 0 Å². The molecule has 0 radical (unpaired) electrons. The van der Waals surface area contributed by atoms with Crippen molar-refractivity contribution in [3.05, 3.63) is 18.3 Å². The molecule has 0 spiro atoms. The molecule has 8 heteroatoms. The molecule has 2 rings (SSSR count). The van der Waals surface area contributed by atoms with E-state index in [9.17, 15) is 14.4 Å². The Morgan fingerprint density at radius 2 is 1.96 bits per heavy atom. The zero-order valence-corrected chi connectivity index (χ0v) is 15.2. The van der Waals surface area contributed by atoms with Gasteiger partial charge in [-0.15, -0.1) is 0 Å². The molecule has 0 atom stereocenters. The van der Waals surface area contributed by atoms with Gasteiger partial charge < -0.3 is 19.5 Å². The molecule has 1 aromatic rings. The third-order valence-corrected chi connectivity index (χ3v) is 4.46. The van der Waals surface area contributed by atoms with E-state index in [2.05, 4.69) is 15.0 Å². The van der Waals surface area contributed by atoms with Crippen LogP contribution in [0.3, 0.4) is 0 Å². The summed E-state index contributed by atoms with van der Waals surface area (Å²) < 4.78 is 15.3. The second-order valence-electron chi connectivity index (χ2n) is 6.43. The largest absolute Gasteiger partial charge is 0.474 e. The van der Waals surface area contributed by atoms with E-state index in [0.717, 1.165) is 20.0 Å². The monoisotopic (exact) mass is 364 g/mol. The third kappa shape index (κ3) is 4.93. The molecule has 1 aliphatic rings. The number of hydrogen-bond acceptors (Lipinski definition) is 7. The number of nitrogens with zero attached hydrogens (tertiary/aromatic N) is 1. The Labute approximate surface area is 152 Å². The molecule has 26 heavy (non-hydrogen) atoms. The SMILES string of the molecule is CCOC(=O)C1(C)CCC(Oc2ccc(NC(=O)C(=O)OC)cn2)CC1. The van der Waals surface area contributed by atoms with Crippen molar-refractivity contribution < 1.29 is 28.6 Å². The Balaban J connectivity index is 1.86. The minimum atomic E-state index is -0.975. The molecule has 142 valence electrons. The highest BCUT2D eigenvalue weighted by Gasteiger charge is 2.39. The second-order valence-corrected chi connectivity index (χ2v) is 6.43. The van der Waals surface area contributed by atoms with Gasteiger partial charge in [0.2, 0.25) is 5.88 Å². The predicted octanol–water partition coefficient (Wildman–Crippen LogP) is 2.08. The summed E-state index contributed by atoms with van der Waals surface area (Å²) in [5.41, 5.74) is -0.0861. The Morgan fingerprint density at radius 1 is 1.27 bits per heavy atom. The van der Waals surface area contributed by atoms with Gasteiger partial charge in [-0.25, -0.2) is 9.78 Å². The minimum absolute atomic E-state index is 0.0273. The molecular weight excluding hydrogens is 340 g/mol. The summed E-state index contributed by atoms with van der Waals surface area (Å²) >= 11 is 0. The fraction of sp³-hybridized carbons (Fsp3) is 0.556. The van der Waals surface area contributed by atoms with Crippen LogP contribution in [0.4, 0.5) is 5.69 Å². The molecule has 0 aliphatic heterocycles. The molecule has 1 amide bonds. The normalized spacial score (nSPS) is 22.2. The van der Waals surface area contributed by atoms with Crippen molar-refractivity contribution in [2.75, 3.05) is 19.0 Å². The average molecular weight is 364 g/mol. The van der Waals surface area contributed by atoms with E-state index >= 15 is 0 Å². The number of methoxy groups -OCH3 is 1. The molecule has 0 bridgehead atoms. The molecule has 1 fully saturated rings. The maximum Gasteiger partial charge on any atom is 0.396 e. The van der Waals surface area contributed by atoms with E-state index in [4.69, 9.17) is 9.47 Å². The second kappa shape index (κ2) is 8.64. The first-order chi connectivity index (χ1) is 12.4. The maximum atomic E-state index is 12.0. The van der Waals surface area contributed by atoms with Crippen molar-refractivity contribution in [2.45, 2.75) is 45.6 Å². The van der Waals surface area contributed by atoms with Gasteiger partial charge in [0.1, 0.15) is 6.10 Å². The van der Waals surface area contributed by atoms with Gasteiger partial charge in [-0.3, -0.25) is 9.59 Å². The minimum Gasteiger partial charge on any atom is -0.474 e. The Bertz CT molecular complexity index is 650. The summed E-state index contributed by atoms with van der Waals surface area (Å²) in [5, 5.41) is 2.38. The number of pyridine rings is 1. The van der Waals surface area contributed by atoms with Gasteiger partial charge in [-0.05, 0) is 45.6 Å². The molecule has 1 aliphatic carbocycles. The van der Waals surface area contributed by atoms with Crippen molar-refractivity contribution in [1.29, 1.82) is 0 Å². The molecule has 0 unspecified atom stereocenters. The summed E-state index contributed by atoms with van der Waals surface area (Å²) in [7, 11) is 1.13. The lowest BCUT2D eigenvalue weighted by atomic mass is 9.75. The number of amides is 1. The van der Waals surface area contributed by atoms with E-state index in [0.29, 0.717) is 31.0 Å². The van der Waals surface area contributed by atoms with E-state index in [1.54, 1.807) is 19.1 Å². The molecule has 1 heterocycles. The van der Waals surface area contributed by atoms with Crippen LogP contribution < -0.4 is 10.1 Å². The summed E-state index contributed by atoms with van der Waals surface area (Å²) in [6.45, 7) is 4.12. The quantitative estimate of drug-likeness (QED) is 0.630. The lowest BCUT2D eigenvalue weighted by Gasteiger charge is -2.34. The van der Waals surface area contributed by atoms with E-state index in [1.807, 2.05) is 6.92 Å². The van der Waals surface area contributed by atoms with Gasteiger partial charge >= 0.3 is 17.8 Å². The van der Waals surface area contributed by atoms with Crippen LogP contribution in [0.25, 0.3) is 0 Å². The molecule has 0 saturated heterocycles. The van der Waals surface area contributed by atoms with Crippen LogP contribution in [-0.4, -0.2) is 42.7 Å². The number of aromatic nitrogens is 1. The third-order valence-electron chi connectivity index (χ3n) is 4.46. The van der Waals surface area contributed by atoms with Crippen LogP contribution in [0.1, 0.15) is 39.5 Å². The number of carbonyl (C=O) groups excluding carboxylic acids is 3. The number of hydrogen-bond donors (Lipinski definition) is 1. The van der Waals surface area contributed by atoms with Gasteiger partial charge in [0.15, 0.2) is 0 Å². The Hall–Kier alpha value is -2.64. The number of carbonyl (C=O) groups is 3. The topological polar surface area (TPSA) is 104 Å². The molecule has 1 aromatic heterocycles. The first-order valence-corrected chi connectivity index (χ1v) is 8.57. The van der Waals surface area contributed by atoms with Gasteiger partial charge in [0.05, 0.1) is 31.0 Å². The Kier molecular flexibility index (Phi) is 6.54. The fourth-order valence-corrected chi connectivity index (χ4v) is 2.83. The smallest absolute Gasteiger partial charge is 0.396 e. The van der Waals surface area contributed by atoms with Crippen LogP contribution in [0.2, 0.25) is 0 Å². The van der Waals surface area contributed by atoms with Crippen molar-refractivity contribution in [3.8, 4) is 5.88 Å². The first kappa shape index (κ1) is 19.7. The summed E-state index contributed by atoms with van der Waals surface area (Å²) in [6, 6.07) is 3.21. The highest BCUT2D eigenvalue weighted by molar-refractivity contribution is 6.37. The van der Waals surface area contributed by atoms with Crippen LogP contribution in [0.5, 0.6) is 5.88 Å². The molecular formula is C18H24N2O6. The van der Waals surface area contributed by atoms with E-state index in [1.165, 1.54) is 6.20 Å². The molecule has 0 aromatic carbocycles. The summed E-state index contributed by atoms with van der Waals surface area (Å²) in [5.74, 6) is -1.57. The zero-order valence-electron chi connectivity index (χ0n) is 15.2. The van der Waals surface area contributed by atoms with E-state index < -0.39 is 17.3 Å². The predicted molar refractivity (Wildman–Crippen MR) is 92.5 cm³/mol. The van der Waals surface area contributed by atoms with Crippen LogP contribution in [0, 0.1) is 5.41 Å². The maximum absolute atomic E-state index is 12.0. The fourth-order valence-electron chi connectivity index (χ4n) is 2.83. The molecule has 1 saturated carbocycles. The highest BCUT2D eigenvalue weighted by atomic mass is 16.5. The Morgan fingerprint density at radius 3 is 2.50 bits per heavy atom. The number of esters is 2. The van der Waals surface area contributed by atoms with Crippen LogP contribution in [0.15, 0.2) is 18.3 Å². The van der Waals surface area contributed by atoms with Crippen molar-refractivity contribution in [3.63, 3.8) is 0 Å². The lowest BCUT2D eigenvalue weighted by Crippen LogP contribution is -2.37. The highest BCUT2D eigenvalue weighted by Crippen LogP contribution is 2.38. The lowest BCUT2D eigenvalue weighted by molar-refractivity contribution is -0.157. The number of ether oxygens (including phenoxy) is 3. The summed E-state index contributed by atoms with van der Waals surface area (Å²) in [6.07, 6.45) is 4.24. The van der Waals surface area contributed by atoms with Gasteiger partial charge in [0.25, 0.3) is 0 Å². The number of rotatable bonds is 5. The number of anilines is 1. The molecule has 1 N–H and O–H groups in total. The van der Waals surface area contributed by atoms with E-state index in [-0.39, 0.29) is 12.1 Å². The first-order valence-electron chi connectivity index (χ1n) is 8.57. The standard InChI is InChI=1S/C18H24N2O6/c1-4-25-17(23)18(2)9-7-13(8-10-18)26-14-6-5-12(11-19-14)20-15(21)16(22)24-3/h5-6,11,13H,4,7-10H2,1-3H3,(H,20,21). The zero-order chi connectivity index (χ0) is 19.2. The van der Waals surface area contributed by atoms with Crippen molar-refractivity contribution >= 4 is 23.5 Å². The van der Waals surface area contributed by atoms with Gasteiger partial charge in [0, 0.05) is 6.07 Å². The van der Waals surface area contributed by atoms with Crippen LogP contribution in [-0.2, 0) is 23.9 Å². The summed E-state index contributed by atoms with van der Waals surface area (Å²) in [4.78, 5) is 38.7. The number of nitrogens with one attached hydrogen (secondary N) is 1. The van der Waals surface area contributed by atoms with Crippen molar-refractivity contribution in [1.82, 2.24) is 4.98 Å². The van der Waals surface area contributed by atoms with Gasteiger partial charge in [-0.2, -0.15) is 0 Å². The van der Waals surface area contributed by atoms with Crippen molar-refractivity contribution in [2.24, 2.45) is 5.41 Å². The average Bonchev–Trinajstić information content (AvgIpc) is 2.64.